The van der Waals surface area contributed by atoms with E-state index in [0.29, 0.717) is 11.5 Å². The van der Waals surface area contributed by atoms with Crippen molar-refractivity contribution >= 4 is 23.7 Å². The van der Waals surface area contributed by atoms with Crippen molar-refractivity contribution in [3.63, 3.8) is 0 Å². The number of halogens is 6. The summed E-state index contributed by atoms with van der Waals surface area (Å²) < 4.78 is 78.1. The first-order valence-corrected chi connectivity index (χ1v) is 15.7. The number of ether oxygens (including phenoxy) is 1. The second kappa shape index (κ2) is 31.8. The van der Waals surface area contributed by atoms with Gasteiger partial charge in [-0.15, -0.1) is 0 Å². The Morgan fingerprint density at radius 1 is 0.638 bits per heavy atom. The number of rotatable bonds is 23. The van der Waals surface area contributed by atoms with Crippen molar-refractivity contribution in [3.05, 3.63) is 0 Å². The van der Waals surface area contributed by atoms with Crippen LogP contribution in [0.15, 0.2) is 0 Å². The molecule has 290 valence electrons. The number of nitrogens with two attached hydrogens (primary N) is 2. The largest absolute Gasteiger partial charge is 0.471 e. The molecule has 0 unspecified atom stereocenters. The lowest BCUT2D eigenvalue weighted by molar-refractivity contribution is -0.185. The molecule has 0 aromatic rings. The van der Waals surface area contributed by atoms with Gasteiger partial charge >= 0.3 is 30.1 Å². The van der Waals surface area contributed by atoms with E-state index in [-0.39, 0.29) is 77.5 Å². The van der Waals surface area contributed by atoms with Gasteiger partial charge in [-0.1, -0.05) is 0 Å². The molecule has 0 atom stereocenters. The monoisotopic (exact) mass is 709 g/mol. The van der Waals surface area contributed by atoms with E-state index in [9.17, 15) is 45.5 Å². The van der Waals surface area contributed by atoms with Crippen LogP contribution in [0.2, 0.25) is 0 Å². The Labute approximate surface area is 281 Å². The molecule has 0 rings (SSSR count). The summed E-state index contributed by atoms with van der Waals surface area (Å²) in [5.74, 6) is -4.54. The minimum absolute atomic E-state index is 0. The van der Waals surface area contributed by atoms with Crippen LogP contribution in [0, 0.1) is 0 Å². The minimum Gasteiger partial charge on any atom is -0.466 e. The van der Waals surface area contributed by atoms with Crippen LogP contribution in [-0.2, 0) is 23.9 Å². The summed E-state index contributed by atoms with van der Waals surface area (Å²) in [5.41, 5.74) is 10.7. The molecule has 0 saturated heterocycles. The number of hydrogen-bond acceptors (Lipinski definition) is 10. The van der Waals surface area contributed by atoms with E-state index in [1.54, 1.807) is 12.2 Å². The maximum absolute atomic E-state index is 12.6. The van der Waals surface area contributed by atoms with E-state index in [1.807, 2.05) is 0 Å². The molecule has 0 aromatic carbocycles. The van der Waals surface area contributed by atoms with Crippen molar-refractivity contribution in [2.24, 2.45) is 11.5 Å². The van der Waals surface area contributed by atoms with Gasteiger partial charge in [-0.3, -0.25) is 19.2 Å². The van der Waals surface area contributed by atoms with E-state index in [1.165, 1.54) is 20.3 Å². The Balaban J connectivity index is -0.000000113. The third-order valence-corrected chi connectivity index (χ3v) is 5.53. The first-order valence-electron chi connectivity index (χ1n) is 15.7. The summed E-state index contributed by atoms with van der Waals surface area (Å²) >= 11 is 0. The molecule has 0 aromatic heterocycles. The number of carbonyl (C=O) groups excluding carboxylic acids is 4. The molecule has 47 heavy (non-hydrogen) atoms. The second-order valence-electron chi connectivity index (χ2n) is 9.90. The quantitative estimate of drug-likeness (QED) is 0.0469. The molecule has 0 fully saturated rings. The third kappa shape index (κ3) is 37.6. The fourth-order valence-electron chi connectivity index (χ4n) is 3.31. The molecular formula is C28H66F6N8O5. The highest BCUT2D eigenvalue weighted by Crippen LogP contribution is 2.18. The topological polar surface area (TPSA) is 193 Å². The van der Waals surface area contributed by atoms with Crippen molar-refractivity contribution in [2.45, 2.75) is 71.6 Å². The van der Waals surface area contributed by atoms with Gasteiger partial charge in [0.2, 0.25) is 5.91 Å². The lowest BCUT2D eigenvalue weighted by Gasteiger charge is -2.24. The van der Waals surface area contributed by atoms with Crippen LogP contribution in [0.1, 0.15) is 66.4 Å². The highest BCUT2D eigenvalue weighted by molar-refractivity contribution is 5.82. The van der Waals surface area contributed by atoms with Crippen LogP contribution in [0.3, 0.4) is 0 Å². The van der Waals surface area contributed by atoms with Crippen molar-refractivity contribution in [1.82, 2.24) is 31.5 Å². The van der Waals surface area contributed by atoms with Gasteiger partial charge in [0.1, 0.15) is 0 Å². The molecule has 0 radical (unpaired) electrons. The molecule has 0 heterocycles. The Morgan fingerprint density at radius 3 is 1.40 bits per heavy atom. The van der Waals surface area contributed by atoms with Gasteiger partial charge in [-0.2, -0.15) is 26.3 Å². The number of nitrogens with one attached hydrogen (secondary N) is 5. The van der Waals surface area contributed by atoms with Crippen molar-refractivity contribution in [1.29, 1.82) is 0 Å². The van der Waals surface area contributed by atoms with Gasteiger partial charge < -0.3 is 47.7 Å². The van der Waals surface area contributed by atoms with Gasteiger partial charge in [-0.25, -0.2) is 0 Å². The molecular weight excluding hydrogens is 642 g/mol. The standard InChI is InChI=1S/C15H24F6N4O3.C9H24N4.C4H8O2.5H2/c1-11(26)23-8-4-10-25(13(28)15(19,20)21)9-3-6-22-5-2-7-24-12(27)14(16,17)18;10-4-1-6-12-8-3-9-13-7-2-5-11;1-3-6-4(2)5;;;;;/h22H,2-10H2,1H3,(H,23,26)(H,24,27);12-13H,1-11H2;3H2,1-2H3;5*1H. The smallest absolute Gasteiger partial charge is 0.466 e. The van der Waals surface area contributed by atoms with Crippen molar-refractivity contribution in [2.75, 3.05) is 85.1 Å². The summed E-state index contributed by atoms with van der Waals surface area (Å²) in [7, 11) is 0. The van der Waals surface area contributed by atoms with Gasteiger partial charge in [0, 0.05) is 47.2 Å². The first-order chi connectivity index (χ1) is 22.0. The molecule has 0 spiro atoms. The molecule has 0 aliphatic rings. The summed E-state index contributed by atoms with van der Waals surface area (Å²) in [6, 6.07) is 0. The highest BCUT2D eigenvalue weighted by atomic mass is 19.4. The molecule has 0 aliphatic carbocycles. The number of carbonyl (C=O) groups is 4. The van der Waals surface area contributed by atoms with E-state index in [2.05, 4.69) is 26.0 Å². The lowest BCUT2D eigenvalue weighted by atomic mass is 10.3. The first kappa shape index (κ1) is 48.7. The Kier molecular flexibility index (Phi) is 33.0. The summed E-state index contributed by atoms with van der Waals surface area (Å²) in [6.45, 7) is 10.8. The van der Waals surface area contributed by atoms with Crippen LogP contribution in [0.25, 0.3) is 0 Å². The van der Waals surface area contributed by atoms with Crippen LogP contribution in [-0.4, -0.2) is 126 Å². The van der Waals surface area contributed by atoms with E-state index >= 15 is 0 Å². The summed E-state index contributed by atoms with van der Waals surface area (Å²) in [6.07, 6.45) is -6.08. The molecule has 13 nitrogen and oxygen atoms in total. The minimum atomic E-state index is -5.00. The van der Waals surface area contributed by atoms with Crippen LogP contribution >= 0.6 is 0 Å². The van der Waals surface area contributed by atoms with Crippen molar-refractivity contribution < 1.29 is 57.4 Å². The zero-order chi connectivity index (χ0) is 36.6. The Hall–Kier alpha value is -2.74. The molecule has 0 saturated carbocycles. The maximum Gasteiger partial charge on any atom is 0.471 e. The van der Waals surface area contributed by atoms with Gasteiger partial charge in [-0.05, 0) is 97.8 Å². The normalized spacial score (nSPS) is 11.0. The number of amides is 3. The SMILES string of the molecule is CC(=O)NCCCN(CCCNCCCNC(=O)C(F)(F)F)C(=O)C(F)(F)F.CCOC(C)=O.NCCCNCCCNCCCN.[HH].[HH].[HH].[HH].[HH]. The molecule has 3 amide bonds. The summed E-state index contributed by atoms with van der Waals surface area (Å²) in [4.78, 5) is 43.2. The number of alkyl halides is 6. The third-order valence-electron chi connectivity index (χ3n) is 5.53. The number of esters is 1. The molecule has 0 bridgehead atoms. The zero-order valence-corrected chi connectivity index (χ0v) is 27.8. The zero-order valence-electron chi connectivity index (χ0n) is 27.8. The number of nitrogens with zero attached hydrogens (tertiary/aromatic N) is 1. The van der Waals surface area contributed by atoms with Gasteiger partial charge in [0.15, 0.2) is 0 Å². The van der Waals surface area contributed by atoms with Gasteiger partial charge in [0.25, 0.3) is 0 Å². The fourth-order valence-corrected chi connectivity index (χ4v) is 3.31. The Morgan fingerprint density at radius 2 is 1.04 bits per heavy atom. The van der Waals surface area contributed by atoms with Crippen LogP contribution < -0.4 is 38.1 Å². The van der Waals surface area contributed by atoms with Crippen LogP contribution in [0.5, 0.6) is 0 Å². The van der Waals surface area contributed by atoms with E-state index < -0.39 is 24.2 Å². The number of hydrogen-bond donors (Lipinski definition) is 7. The fraction of sp³-hybridized carbons (Fsp3) is 0.857. The highest BCUT2D eigenvalue weighted by Gasteiger charge is 2.42. The van der Waals surface area contributed by atoms with Crippen molar-refractivity contribution in [3.8, 4) is 0 Å². The maximum atomic E-state index is 12.6. The predicted octanol–water partition coefficient (Wildman–Crippen LogP) is 2.00. The average molecular weight is 709 g/mol. The van der Waals surface area contributed by atoms with Crippen LogP contribution in [0.4, 0.5) is 26.3 Å². The van der Waals surface area contributed by atoms with E-state index in [4.69, 9.17) is 11.5 Å². The molecule has 9 N–H and O–H groups in total. The average Bonchev–Trinajstić information content (AvgIpc) is 2.97. The second-order valence-corrected chi connectivity index (χ2v) is 9.90. The lowest BCUT2D eigenvalue weighted by Crippen LogP contribution is -2.43. The van der Waals surface area contributed by atoms with Gasteiger partial charge in [0.05, 0.1) is 6.61 Å². The molecule has 0 aliphatic heterocycles. The van der Waals surface area contributed by atoms with E-state index in [0.717, 1.165) is 52.1 Å². The summed E-state index contributed by atoms with van der Waals surface area (Å²) in [5, 5.41) is 13.6. The predicted molar refractivity (Wildman–Crippen MR) is 178 cm³/mol. The Bertz CT molecular complexity index is 822. The molecule has 19 heteroatoms.